The molecule has 0 bridgehead atoms. The van der Waals surface area contributed by atoms with E-state index in [9.17, 15) is 4.79 Å². The van der Waals surface area contributed by atoms with Gasteiger partial charge in [0.2, 0.25) is 11.3 Å². The van der Waals surface area contributed by atoms with Gasteiger partial charge in [-0.25, -0.2) is 4.57 Å². The Balaban J connectivity index is 1.45. The van der Waals surface area contributed by atoms with Gasteiger partial charge in [0.05, 0.1) is 11.1 Å². The average molecular weight is 556 g/mol. The predicted octanol–water partition coefficient (Wildman–Crippen LogP) is 10.00. The van der Waals surface area contributed by atoms with Crippen LogP contribution in [0.2, 0.25) is 0 Å². The Labute approximate surface area is 247 Å². The minimum absolute atomic E-state index is 0.275. The maximum absolute atomic E-state index is 14.4. The molecule has 3 aromatic heterocycles. The van der Waals surface area contributed by atoms with E-state index in [1.807, 2.05) is 121 Å². The smallest absolute Gasteiger partial charge is 0.301 e. The summed E-state index contributed by atoms with van der Waals surface area (Å²) >= 11 is 0. The lowest BCUT2D eigenvalue weighted by Gasteiger charge is -2.13. The molecule has 0 atom stereocenters. The van der Waals surface area contributed by atoms with Gasteiger partial charge in [-0.1, -0.05) is 121 Å². The van der Waals surface area contributed by atoms with Crippen LogP contribution < -0.4 is 5.56 Å². The molecular formula is C39H25NO3. The molecule has 0 unspecified atom stereocenters. The monoisotopic (exact) mass is 555 g/mol. The standard InChI is InChI=1S/C39H25NO3/c41-38-37-33(24-35(42-37)28-17-9-3-10-18-28)34-25-36(29-19-11-4-12-20-29)43-39(34)40(38)32-22-30(26-13-5-1-6-14-26)21-31(23-32)27-15-7-2-8-16-27/h1-25H. The molecule has 0 saturated carbocycles. The third-order valence-electron chi connectivity index (χ3n) is 7.84. The fourth-order valence-electron chi connectivity index (χ4n) is 5.74. The summed E-state index contributed by atoms with van der Waals surface area (Å²) in [6.07, 6.45) is 0. The zero-order chi connectivity index (χ0) is 28.8. The maximum atomic E-state index is 14.4. The van der Waals surface area contributed by atoms with Crippen LogP contribution in [0, 0.1) is 0 Å². The van der Waals surface area contributed by atoms with E-state index in [1.54, 1.807) is 4.57 Å². The number of aromatic nitrogens is 1. The number of rotatable bonds is 5. The minimum Gasteiger partial charge on any atom is -0.450 e. The summed E-state index contributed by atoms with van der Waals surface area (Å²) in [5.74, 6) is 1.32. The second kappa shape index (κ2) is 10.2. The third kappa shape index (κ3) is 4.37. The minimum atomic E-state index is -0.275. The lowest BCUT2D eigenvalue weighted by molar-refractivity contribution is 0.597. The second-order valence-corrected chi connectivity index (χ2v) is 10.6. The van der Waals surface area contributed by atoms with Crippen molar-refractivity contribution in [3.05, 3.63) is 162 Å². The highest BCUT2D eigenvalue weighted by molar-refractivity contribution is 6.05. The molecule has 3 heterocycles. The van der Waals surface area contributed by atoms with Crippen molar-refractivity contribution in [3.63, 3.8) is 0 Å². The third-order valence-corrected chi connectivity index (χ3v) is 7.84. The van der Waals surface area contributed by atoms with Gasteiger partial charge in [-0.2, -0.15) is 0 Å². The Kier molecular flexibility index (Phi) is 5.90. The lowest BCUT2D eigenvalue weighted by atomic mass is 9.98. The van der Waals surface area contributed by atoms with Gasteiger partial charge in [0, 0.05) is 16.5 Å². The van der Waals surface area contributed by atoms with Gasteiger partial charge >= 0.3 is 5.56 Å². The Bertz CT molecular complexity index is 2220. The first-order valence-corrected chi connectivity index (χ1v) is 14.2. The van der Waals surface area contributed by atoms with Gasteiger partial charge in [0.15, 0.2) is 0 Å². The highest BCUT2D eigenvalue weighted by atomic mass is 16.4. The Morgan fingerprint density at radius 2 is 0.860 bits per heavy atom. The molecule has 0 fully saturated rings. The first kappa shape index (κ1) is 24.9. The summed E-state index contributed by atoms with van der Waals surface area (Å²) in [7, 11) is 0. The van der Waals surface area contributed by atoms with Crippen LogP contribution in [0.15, 0.2) is 165 Å². The molecule has 8 rings (SSSR count). The number of pyridine rings is 1. The second-order valence-electron chi connectivity index (χ2n) is 10.6. The molecule has 0 amide bonds. The van der Waals surface area contributed by atoms with Gasteiger partial charge in [0.1, 0.15) is 11.5 Å². The van der Waals surface area contributed by atoms with E-state index < -0.39 is 0 Å². The molecule has 0 aliphatic rings. The van der Waals surface area contributed by atoms with E-state index in [2.05, 4.69) is 30.3 Å². The molecule has 0 aliphatic carbocycles. The van der Waals surface area contributed by atoms with Crippen molar-refractivity contribution in [2.45, 2.75) is 0 Å². The van der Waals surface area contributed by atoms with Crippen LogP contribution in [0.3, 0.4) is 0 Å². The molecule has 0 aliphatic heterocycles. The molecule has 4 nitrogen and oxygen atoms in total. The number of hydrogen-bond acceptors (Lipinski definition) is 3. The van der Waals surface area contributed by atoms with E-state index in [4.69, 9.17) is 8.83 Å². The van der Waals surface area contributed by atoms with E-state index in [1.165, 1.54) is 0 Å². The summed E-state index contributed by atoms with van der Waals surface area (Å²) in [5, 5.41) is 1.54. The van der Waals surface area contributed by atoms with Crippen LogP contribution >= 0.6 is 0 Å². The number of nitrogens with zero attached hydrogens (tertiary/aromatic N) is 1. The Morgan fingerprint density at radius 3 is 1.37 bits per heavy atom. The number of fused-ring (bicyclic) bond motifs is 3. The van der Waals surface area contributed by atoms with Crippen molar-refractivity contribution in [1.82, 2.24) is 4.57 Å². The molecular weight excluding hydrogens is 530 g/mol. The number of furan rings is 2. The molecule has 43 heavy (non-hydrogen) atoms. The van der Waals surface area contributed by atoms with Gasteiger partial charge < -0.3 is 8.83 Å². The molecule has 5 aromatic carbocycles. The van der Waals surface area contributed by atoms with Crippen LogP contribution in [0.4, 0.5) is 0 Å². The first-order valence-electron chi connectivity index (χ1n) is 14.2. The maximum Gasteiger partial charge on any atom is 0.301 e. The zero-order valence-electron chi connectivity index (χ0n) is 23.1. The van der Waals surface area contributed by atoms with Gasteiger partial charge in [-0.05, 0) is 52.6 Å². The largest absolute Gasteiger partial charge is 0.450 e. The van der Waals surface area contributed by atoms with Crippen molar-refractivity contribution in [1.29, 1.82) is 0 Å². The molecule has 0 radical (unpaired) electrons. The number of hydrogen-bond donors (Lipinski definition) is 0. The van der Waals surface area contributed by atoms with Crippen LogP contribution in [-0.4, -0.2) is 4.57 Å². The molecule has 204 valence electrons. The van der Waals surface area contributed by atoms with Gasteiger partial charge in [0.25, 0.3) is 0 Å². The van der Waals surface area contributed by atoms with Crippen LogP contribution in [-0.2, 0) is 0 Å². The van der Waals surface area contributed by atoms with Crippen LogP contribution in [0.25, 0.3) is 72.7 Å². The predicted molar refractivity (Wildman–Crippen MR) is 173 cm³/mol. The average Bonchev–Trinajstić information content (AvgIpc) is 3.72. The van der Waals surface area contributed by atoms with Crippen molar-refractivity contribution >= 4 is 22.1 Å². The van der Waals surface area contributed by atoms with E-state index in [0.29, 0.717) is 22.9 Å². The summed E-state index contributed by atoms with van der Waals surface area (Å²) in [4.78, 5) is 14.4. The van der Waals surface area contributed by atoms with Crippen molar-refractivity contribution < 1.29 is 8.83 Å². The SMILES string of the molecule is O=c1c2oc(-c3ccccc3)cc2c2cc(-c3ccccc3)oc2n1-c1cc(-c2ccccc2)cc(-c2ccccc2)c1. The molecule has 0 spiro atoms. The first-order chi connectivity index (χ1) is 21.2. The zero-order valence-corrected chi connectivity index (χ0v) is 23.1. The van der Waals surface area contributed by atoms with Crippen molar-refractivity contribution in [2.75, 3.05) is 0 Å². The lowest BCUT2D eigenvalue weighted by Crippen LogP contribution is -2.18. The van der Waals surface area contributed by atoms with E-state index in [0.717, 1.165) is 44.2 Å². The van der Waals surface area contributed by atoms with E-state index in [-0.39, 0.29) is 11.1 Å². The fourth-order valence-corrected chi connectivity index (χ4v) is 5.74. The molecule has 8 aromatic rings. The number of benzene rings is 5. The van der Waals surface area contributed by atoms with E-state index >= 15 is 0 Å². The summed E-state index contributed by atoms with van der Waals surface area (Å²) in [5.41, 5.74) is 7.13. The molecule has 0 N–H and O–H groups in total. The van der Waals surface area contributed by atoms with Gasteiger partial charge in [-0.15, -0.1) is 0 Å². The Morgan fingerprint density at radius 1 is 0.419 bits per heavy atom. The summed E-state index contributed by atoms with van der Waals surface area (Å²) < 4.78 is 14.5. The van der Waals surface area contributed by atoms with Crippen LogP contribution in [0.5, 0.6) is 0 Å². The highest BCUT2D eigenvalue weighted by Crippen LogP contribution is 2.37. The Hall–Kier alpha value is -5.87. The van der Waals surface area contributed by atoms with Crippen molar-refractivity contribution in [3.8, 4) is 50.6 Å². The molecule has 0 saturated heterocycles. The quantitative estimate of drug-likeness (QED) is 0.212. The van der Waals surface area contributed by atoms with Crippen LogP contribution in [0.1, 0.15) is 0 Å². The summed E-state index contributed by atoms with van der Waals surface area (Å²) in [6.45, 7) is 0. The normalized spacial score (nSPS) is 11.3. The molecule has 4 heteroatoms. The summed E-state index contributed by atoms with van der Waals surface area (Å²) in [6, 6.07) is 50.4. The topological polar surface area (TPSA) is 48.3 Å². The van der Waals surface area contributed by atoms with Gasteiger partial charge in [-0.3, -0.25) is 4.79 Å². The van der Waals surface area contributed by atoms with Crippen molar-refractivity contribution in [2.24, 2.45) is 0 Å². The highest BCUT2D eigenvalue weighted by Gasteiger charge is 2.22. The fraction of sp³-hybridized carbons (Fsp3) is 0.